The molecule has 0 aromatic heterocycles. The van der Waals surface area contributed by atoms with Crippen molar-refractivity contribution < 1.29 is 14.3 Å². The number of hydrogen-bond donors (Lipinski definition) is 1. The Balaban J connectivity index is 2.32. The SMILES string of the molecule is CN(NC(=O)OC(C)(C)C)C1CCOCC1. The standard InChI is InChI=1S/C11H22N2O3/c1-11(2,3)16-10(14)12-13(4)9-5-7-15-8-6-9/h9H,5-8H2,1-4H3,(H,12,14). The molecule has 94 valence electrons. The Morgan fingerprint density at radius 1 is 1.38 bits per heavy atom. The zero-order valence-electron chi connectivity index (χ0n) is 10.6. The molecule has 0 radical (unpaired) electrons. The first kappa shape index (κ1) is 13.3. The predicted octanol–water partition coefficient (Wildman–Crippen LogP) is 1.54. The van der Waals surface area contributed by atoms with Crippen molar-refractivity contribution in [2.75, 3.05) is 20.3 Å². The van der Waals surface area contributed by atoms with Gasteiger partial charge in [-0.15, -0.1) is 0 Å². The fourth-order valence-corrected chi connectivity index (χ4v) is 1.61. The van der Waals surface area contributed by atoms with E-state index in [2.05, 4.69) is 5.43 Å². The van der Waals surface area contributed by atoms with E-state index in [9.17, 15) is 4.79 Å². The molecule has 0 aromatic rings. The highest BCUT2D eigenvalue weighted by atomic mass is 16.6. The molecule has 16 heavy (non-hydrogen) atoms. The van der Waals surface area contributed by atoms with Crippen molar-refractivity contribution >= 4 is 6.09 Å². The van der Waals surface area contributed by atoms with Gasteiger partial charge in [0, 0.05) is 26.3 Å². The van der Waals surface area contributed by atoms with Gasteiger partial charge in [-0.25, -0.2) is 9.80 Å². The zero-order valence-corrected chi connectivity index (χ0v) is 10.6. The maximum atomic E-state index is 11.5. The van der Waals surface area contributed by atoms with E-state index < -0.39 is 11.7 Å². The van der Waals surface area contributed by atoms with Gasteiger partial charge in [0.2, 0.25) is 0 Å². The zero-order chi connectivity index (χ0) is 12.2. The summed E-state index contributed by atoms with van der Waals surface area (Å²) in [5.41, 5.74) is 2.27. The normalized spacial score (nSPS) is 18.6. The van der Waals surface area contributed by atoms with E-state index in [1.54, 1.807) is 0 Å². The van der Waals surface area contributed by atoms with Crippen LogP contribution in [-0.2, 0) is 9.47 Å². The fourth-order valence-electron chi connectivity index (χ4n) is 1.61. The molecule has 0 bridgehead atoms. The molecular weight excluding hydrogens is 208 g/mol. The molecule has 1 aliphatic rings. The third kappa shape index (κ3) is 4.81. The molecule has 5 heteroatoms. The van der Waals surface area contributed by atoms with Crippen molar-refractivity contribution in [3.8, 4) is 0 Å². The van der Waals surface area contributed by atoms with Crippen LogP contribution in [0.25, 0.3) is 0 Å². The lowest BCUT2D eigenvalue weighted by atomic mass is 10.1. The van der Waals surface area contributed by atoms with Gasteiger partial charge < -0.3 is 9.47 Å². The topological polar surface area (TPSA) is 50.8 Å². The van der Waals surface area contributed by atoms with Crippen molar-refractivity contribution in [1.82, 2.24) is 10.4 Å². The summed E-state index contributed by atoms with van der Waals surface area (Å²) < 4.78 is 10.4. The van der Waals surface area contributed by atoms with E-state index >= 15 is 0 Å². The van der Waals surface area contributed by atoms with E-state index in [1.165, 1.54) is 0 Å². The van der Waals surface area contributed by atoms with Gasteiger partial charge in [0.1, 0.15) is 5.60 Å². The fraction of sp³-hybridized carbons (Fsp3) is 0.909. The number of nitrogens with zero attached hydrogens (tertiary/aromatic N) is 1. The summed E-state index contributed by atoms with van der Waals surface area (Å²) in [7, 11) is 1.86. The monoisotopic (exact) mass is 230 g/mol. The maximum absolute atomic E-state index is 11.5. The van der Waals surface area contributed by atoms with Gasteiger partial charge >= 0.3 is 6.09 Å². The average molecular weight is 230 g/mol. The Morgan fingerprint density at radius 2 is 1.94 bits per heavy atom. The second-order valence-electron chi connectivity index (χ2n) is 5.07. The number of hydrogen-bond acceptors (Lipinski definition) is 4. The maximum Gasteiger partial charge on any atom is 0.422 e. The van der Waals surface area contributed by atoms with Crippen molar-refractivity contribution in [1.29, 1.82) is 0 Å². The molecule has 0 saturated carbocycles. The second-order valence-corrected chi connectivity index (χ2v) is 5.07. The number of carbonyl (C=O) groups excluding carboxylic acids is 1. The van der Waals surface area contributed by atoms with Gasteiger partial charge in [0.15, 0.2) is 0 Å². The molecule has 1 saturated heterocycles. The first-order chi connectivity index (χ1) is 7.38. The summed E-state index contributed by atoms with van der Waals surface area (Å²) >= 11 is 0. The van der Waals surface area contributed by atoms with E-state index in [0.29, 0.717) is 6.04 Å². The van der Waals surface area contributed by atoms with Crippen molar-refractivity contribution in [2.24, 2.45) is 0 Å². The Kier molecular flexibility index (Phi) is 4.56. The predicted molar refractivity (Wildman–Crippen MR) is 61.0 cm³/mol. The molecule has 0 atom stereocenters. The van der Waals surface area contributed by atoms with Crippen molar-refractivity contribution in [3.63, 3.8) is 0 Å². The second kappa shape index (κ2) is 5.50. The summed E-state index contributed by atoms with van der Waals surface area (Å²) in [6, 6.07) is 0.335. The first-order valence-corrected chi connectivity index (χ1v) is 5.69. The molecule has 1 aliphatic heterocycles. The van der Waals surface area contributed by atoms with Crippen LogP contribution in [0.1, 0.15) is 33.6 Å². The Bertz CT molecular complexity index is 232. The minimum Gasteiger partial charge on any atom is -0.443 e. The van der Waals surface area contributed by atoms with E-state index in [4.69, 9.17) is 9.47 Å². The van der Waals surface area contributed by atoms with Crippen LogP contribution in [0.5, 0.6) is 0 Å². The molecule has 1 heterocycles. The third-order valence-corrected chi connectivity index (χ3v) is 2.41. The van der Waals surface area contributed by atoms with E-state index in [-0.39, 0.29) is 0 Å². The number of rotatable bonds is 2. The van der Waals surface area contributed by atoms with Gasteiger partial charge in [-0.1, -0.05) is 0 Å². The number of hydrazine groups is 1. The molecular formula is C11H22N2O3. The molecule has 1 amide bonds. The van der Waals surface area contributed by atoms with Crippen LogP contribution in [0.4, 0.5) is 4.79 Å². The number of nitrogens with one attached hydrogen (secondary N) is 1. The van der Waals surface area contributed by atoms with E-state index in [1.807, 2.05) is 32.8 Å². The van der Waals surface area contributed by atoms with Gasteiger partial charge in [-0.05, 0) is 33.6 Å². The molecule has 1 fully saturated rings. The van der Waals surface area contributed by atoms with Gasteiger partial charge in [0.25, 0.3) is 0 Å². The Hall–Kier alpha value is -0.810. The Morgan fingerprint density at radius 3 is 2.44 bits per heavy atom. The van der Waals surface area contributed by atoms with Gasteiger partial charge in [0.05, 0.1) is 0 Å². The summed E-state index contributed by atoms with van der Waals surface area (Å²) in [6.45, 7) is 7.05. The summed E-state index contributed by atoms with van der Waals surface area (Å²) in [5.74, 6) is 0. The smallest absolute Gasteiger partial charge is 0.422 e. The van der Waals surface area contributed by atoms with Gasteiger partial charge in [-0.2, -0.15) is 0 Å². The van der Waals surface area contributed by atoms with Crippen LogP contribution in [-0.4, -0.2) is 43.0 Å². The molecule has 5 nitrogen and oxygen atoms in total. The first-order valence-electron chi connectivity index (χ1n) is 5.69. The van der Waals surface area contributed by atoms with Gasteiger partial charge in [-0.3, -0.25) is 5.43 Å². The lowest BCUT2D eigenvalue weighted by Crippen LogP contribution is -2.49. The Labute approximate surface area is 97.1 Å². The lowest BCUT2D eigenvalue weighted by molar-refractivity contribution is 0.00451. The van der Waals surface area contributed by atoms with Crippen LogP contribution < -0.4 is 5.43 Å². The summed E-state index contributed by atoms with van der Waals surface area (Å²) in [4.78, 5) is 11.5. The summed E-state index contributed by atoms with van der Waals surface area (Å²) in [5, 5.41) is 1.82. The van der Waals surface area contributed by atoms with Crippen LogP contribution in [0, 0.1) is 0 Å². The molecule has 1 N–H and O–H groups in total. The largest absolute Gasteiger partial charge is 0.443 e. The summed E-state index contributed by atoms with van der Waals surface area (Å²) in [6.07, 6.45) is 1.47. The number of amides is 1. The van der Waals surface area contributed by atoms with Crippen LogP contribution in [0.3, 0.4) is 0 Å². The van der Waals surface area contributed by atoms with Crippen LogP contribution in [0.2, 0.25) is 0 Å². The quantitative estimate of drug-likeness (QED) is 0.731. The van der Waals surface area contributed by atoms with Crippen LogP contribution in [0.15, 0.2) is 0 Å². The van der Waals surface area contributed by atoms with Crippen molar-refractivity contribution in [3.05, 3.63) is 0 Å². The molecule has 0 aromatic carbocycles. The number of carbonyl (C=O) groups is 1. The molecule has 1 rings (SSSR count). The van der Waals surface area contributed by atoms with Crippen molar-refractivity contribution in [2.45, 2.75) is 45.3 Å². The molecule has 0 spiro atoms. The minimum atomic E-state index is -0.458. The number of ether oxygens (including phenoxy) is 2. The molecule has 0 unspecified atom stereocenters. The third-order valence-electron chi connectivity index (χ3n) is 2.41. The minimum absolute atomic E-state index is 0.335. The highest BCUT2D eigenvalue weighted by molar-refractivity contribution is 5.67. The van der Waals surface area contributed by atoms with E-state index in [0.717, 1.165) is 26.1 Å². The van der Waals surface area contributed by atoms with Crippen LogP contribution >= 0.6 is 0 Å². The lowest BCUT2D eigenvalue weighted by Gasteiger charge is -2.31. The highest BCUT2D eigenvalue weighted by Gasteiger charge is 2.22. The molecule has 0 aliphatic carbocycles. The average Bonchev–Trinajstić information content (AvgIpc) is 2.16. The highest BCUT2D eigenvalue weighted by Crippen LogP contribution is 2.12.